The number of rotatable bonds is 1. The standard InChI is InChI=1S/C12H11NO4/c1-6(14)8-2-7-3-10-11(17-5-16-10)4-9(7)13-12(8)15/h2-4,6,14H,5H2,1H3,(H,13,15). The van der Waals surface area contributed by atoms with E-state index in [9.17, 15) is 9.90 Å². The van der Waals surface area contributed by atoms with Gasteiger partial charge in [0.1, 0.15) is 0 Å². The third kappa shape index (κ3) is 1.55. The summed E-state index contributed by atoms with van der Waals surface area (Å²) in [7, 11) is 0. The summed E-state index contributed by atoms with van der Waals surface area (Å²) in [6.45, 7) is 1.75. The maximum absolute atomic E-state index is 11.7. The fourth-order valence-corrected chi connectivity index (χ4v) is 1.92. The number of aromatic amines is 1. The van der Waals surface area contributed by atoms with Crippen LogP contribution in [0.1, 0.15) is 18.6 Å². The maximum atomic E-state index is 11.7. The fourth-order valence-electron chi connectivity index (χ4n) is 1.92. The molecule has 1 aliphatic rings. The third-order valence-electron chi connectivity index (χ3n) is 2.82. The number of aliphatic hydroxyl groups excluding tert-OH is 1. The van der Waals surface area contributed by atoms with Crippen LogP contribution in [0.3, 0.4) is 0 Å². The van der Waals surface area contributed by atoms with Crippen molar-refractivity contribution < 1.29 is 14.6 Å². The molecule has 2 N–H and O–H groups in total. The molecule has 0 saturated heterocycles. The topological polar surface area (TPSA) is 71.5 Å². The van der Waals surface area contributed by atoms with Gasteiger partial charge in [-0.1, -0.05) is 0 Å². The Balaban J connectivity index is 2.29. The molecule has 88 valence electrons. The van der Waals surface area contributed by atoms with Crippen LogP contribution >= 0.6 is 0 Å². The zero-order valence-corrected chi connectivity index (χ0v) is 9.19. The highest BCUT2D eigenvalue weighted by Crippen LogP contribution is 2.35. The van der Waals surface area contributed by atoms with Gasteiger partial charge in [0.25, 0.3) is 5.56 Å². The highest BCUT2D eigenvalue weighted by Gasteiger charge is 2.16. The maximum Gasteiger partial charge on any atom is 0.254 e. The summed E-state index contributed by atoms with van der Waals surface area (Å²) in [5, 5.41) is 10.3. The Morgan fingerprint density at radius 3 is 2.71 bits per heavy atom. The molecule has 1 atom stereocenters. The number of aliphatic hydroxyl groups is 1. The van der Waals surface area contributed by atoms with Gasteiger partial charge >= 0.3 is 0 Å². The Hall–Kier alpha value is -2.01. The molecule has 0 amide bonds. The number of aromatic nitrogens is 1. The minimum absolute atomic E-state index is 0.194. The van der Waals surface area contributed by atoms with Crippen molar-refractivity contribution in [3.63, 3.8) is 0 Å². The van der Waals surface area contributed by atoms with E-state index in [1.165, 1.54) is 0 Å². The third-order valence-corrected chi connectivity index (χ3v) is 2.82. The summed E-state index contributed by atoms with van der Waals surface area (Å²) < 4.78 is 10.5. The van der Waals surface area contributed by atoms with Gasteiger partial charge in [0, 0.05) is 17.0 Å². The van der Waals surface area contributed by atoms with Gasteiger partial charge in [0.05, 0.1) is 11.6 Å². The van der Waals surface area contributed by atoms with Crippen LogP contribution < -0.4 is 15.0 Å². The molecule has 17 heavy (non-hydrogen) atoms. The summed E-state index contributed by atoms with van der Waals surface area (Å²) in [5.41, 5.74) is 0.728. The Labute approximate surface area is 96.6 Å². The smallest absolute Gasteiger partial charge is 0.254 e. The van der Waals surface area contributed by atoms with E-state index < -0.39 is 6.10 Å². The van der Waals surface area contributed by atoms with Crippen molar-refractivity contribution in [1.29, 1.82) is 0 Å². The number of benzene rings is 1. The van der Waals surface area contributed by atoms with Gasteiger partial charge in [-0.25, -0.2) is 0 Å². The number of H-pyrrole nitrogens is 1. The number of nitrogens with one attached hydrogen (secondary N) is 1. The molecular formula is C12H11NO4. The molecule has 1 aromatic heterocycles. The van der Waals surface area contributed by atoms with Crippen LogP contribution in [0.2, 0.25) is 0 Å². The molecule has 0 bridgehead atoms. The van der Waals surface area contributed by atoms with E-state index in [-0.39, 0.29) is 12.4 Å². The highest BCUT2D eigenvalue weighted by atomic mass is 16.7. The minimum Gasteiger partial charge on any atom is -0.454 e. The van der Waals surface area contributed by atoms with E-state index in [4.69, 9.17) is 9.47 Å². The lowest BCUT2D eigenvalue weighted by Gasteiger charge is -2.06. The number of pyridine rings is 1. The zero-order valence-electron chi connectivity index (χ0n) is 9.19. The van der Waals surface area contributed by atoms with E-state index in [2.05, 4.69) is 4.98 Å². The van der Waals surface area contributed by atoms with Gasteiger partial charge < -0.3 is 19.6 Å². The number of hydrogen-bond acceptors (Lipinski definition) is 4. The first kappa shape index (κ1) is 10.2. The van der Waals surface area contributed by atoms with Crippen molar-refractivity contribution in [2.24, 2.45) is 0 Å². The highest BCUT2D eigenvalue weighted by molar-refractivity contribution is 5.83. The quantitative estimate of drug-likeness (QED) is 0.779. The first-order valence-electron chi connectivity index (χ1n) is 5.30. The van der Waals surface area contributed by atoms with E-state index >= 15 is 0 Å². The zero-order chi connectivity index (χ0) is 12.0. The summed E-state index contributed by atoms with van der Waals surface area (Å²) in [4.78, 5) is 14.4. The molecule has 0 saturated carbocycles. The van der Waals surface area contributed by atoms with Gasteiger partial charge in [-0.3, -0.25) is 4.79 Å². The molecule has 0 radical (unpaired) electrons. The van der Waals surface area contributed by atoms with Crippen LogP contribution in [-0.2, 0) is 0 Å². The minimum atomic E-state index is -0.798. The second-order valence-electron chi connectivity index (χ2n) is 4.02. The van der Waals surface area contributed by atoms with Crippen molar-refractivity contribution >= 4 is 10.9 Å². The van der Waals surface area contributed by atoms with Crippen molar-refractivity contribution in [2.75, 3.05) is 6.79 Å². The first-order valence-corrected chi connectivity index (χ1v) is 5.30. The molecule has 0 aliphatic carbocycles. The molecule has 0 fully saturated rings. The molecule has 5 heteroatoms. The number of hydrogen-bond donors (Lipinski definition) is 2. The van der Waals surface area contributed by atoms with Crippen LogP contribution in [-0.4, -0.2) is 16.9 Å². The van der Waals surface area contributed by atoms with E-state index in [0.29, 0.717) is 22.6 Å². The van der Waals surface area contributed by atoms with Crippen LogP contribution in [0, 0.1) is 0 Å². The molecular weight excluding hydrogens is 222 g/mol. The van der Waals surface area contributed by atoms with Crippen molar-refractivity contribution in [3.8, 4) is 11.5 Å². The monoisotopic (exact) mass is 233 g/mol. The van der Waals surface area contributed by atoms with Gasteiger partial charge in [0.2, 0.25) is 6.79 Å². The SMILES string of the molecule is CC(O)c1cc2cc3c(cc2[nH]c1=O)OCO3. The van der Waals surface area contributed by atoms with Gasteiger partial charge in [-0.05, 0) is 19.1 Å². The van der Waals surface area contributed by atoms with Gasteiger partial charge in [-0.2, -0.15) is 0 Å². The first-order chi connectivity index (χ1) is 8.15. The fraction of sp³-hybridized carbons (Fsp3) is 0.250. The molecule has 1 aliphatic heterocycles. The number of fused-ring (bicyclic) bond motifs is 2. The molecule has 5 nitrogen and oxygen atoms in total. The number of ether oxygens (including phenoxy) is 2. The average molecular weight is 233 g/mol. The molecule has 1 aromatic carbocycles. The van der Waals surface area contributed by atoms with E-state index in [1.54, 1.807) is 25.1 Å². The second-order valence-corrected chi connectivity index (χ2v) is 4.02. The normalized spacial score (nSPS) is 15.2. The van der Waals surface area contributed by atoms with Crippen LogP contribution in [0.4, 0.5) is 0 Å². The Morgan fingerprint density at radius 1 is 1.29 bits per heavy atom. The Kier molecular flexibility index (Phi) is 2.09. The molecule has 0 spiro atoms. The largest absolute Gasteiger partial charge is 0.454 e. The average Bonchev–Trinajstić information content (AvgIpc) is 2.71. The van der Waals surface area contributed by atoms with Gasteiger partial charge in [-0.15, -0.1) is 0 Å². The van der Waals surface area contributed by atoms with E-state index in [0.717, 1.165) is 5.39 Å². The lowest BCUT2D eigenvalue weighted by molar-refractivity contribution is 0.174. The molecule has 1 unspecified atom stereocenters. The predicted molar refractivity (Wildman–Crippen MR) is 61.3 cm³/mol. The Morgan fingerprint density at radius 2 is 2.00 bits per heavy atom. The lowest BCUT2D eigenvalue weighted by Crippen LogP contribution is -2.14. The van der Waals surface area contributed by atoms with Crippen molar-refractivity contribution in [1.82, 2.24) is 4.98 Å². The van der Waals surface area contributed by atoms with Crippen LogP contribution in [0.15, 0.2) is 23.0 Å². The molecule has 2 heterocycles. The second kappa shape index (κ2) is 3.49. The van der Waals surface area contributed by atoms with E-state index in [1.807, 2.05) is 0 Å². The lowest BCUT2D eigenvalue weighted by atomic mass is 10.1. The summed E-state index contributed by atoms with van der Waals surface area (Å²) in [6, 6.07) is 5.19. The summed E-state index contributed by atoms with van der Waals surface area (Å²) in [6.07, 6.45) is -0.798. The summed E-state index contributed by atoms with van der Waals surface area (Å²) in [5.74, 6) is 1.28. The van der Waals surface area contributed by atoms with Crippen molar-refractivity contribution in [2.45, 2.75) is 13.0 Å². The van der Waals surface area contributed by atoms with Gasteiger partial charge in [0.15, 0.2) is 11.5 Å². The van der Waals surface area contributed by atoms with Crippen LogP contribution in [0.5, 0.6) is 11.5 Å². The predicted octanol–water partition coefficient (Wildman–Crippen LogP) is 1.31. The molecule has 3 rings (SSSR count). The Bertz CT molecular complexity index is 645. The van der Waals surface area contributed by atoms with Crippen molar-refractivity contribution in [3.05, 3.63) is 34.1 Å². The molecule has 2 aromatic rings. The van der Waals surface area contributed by atoms with Crippen LogP contribution in [0.25, 0.3) is 10.9 Å². The summed E-state index contributed by atoms with van der Waals surface area (Å²) >= 11 is 0.